The Hall–Kier alpha value is -2.71. The maximum atomic E-state index is 8.95. The Kier molecular flexibility index (Phi) is 3.63. The first kappa shape index (κ1) is 13.3. The number of benzene rings is 1. The molecule has 0 spiro atoms. The highest BCUT2D eigenvalue weighted by atomic mass is 32.1. The van der Waals surface area contributed by atoms with Crippen LogP contribution < -0.4 is 5.32 Å². The number of thiophene rings is 1. The van der Waals surface area contributed by atoms with Gasteiger partial charge in [0.05, 0.1) is 10.6 Å². The average Bonchev–Trinajstić information content (AvgIpc) is 3.04. The van der Waals surface area contributed by atoms with E-state index in [9.17, 15) is 0 Å². The molecule has 0 fully saturated rings. The maximum Gasteiger partial charge on any atom is 0.162 e. The summed E-state index contributed by atoms with van der Waals surface area (Å²) in [5, 5.41) is 12.0. The minimum absolute atomic E-state index is 0.671. The highest BCUT2D eigenvalue weighted by molar-refractivity contribution is 7.15. The number of hydrogen-bond donors (Lipinski definition) is 1. The molecule has 5 heteroatoms. The van der Waals surface area contributed by atoms with Crippen molar-refractivity contribution < 1.29 is 0 Å². The van der Waals surface area contributed by atoms with Crippen molar-refractivity contribution in [3.8, 4) is 28.0 Å². The van der Waals surface area contributed by atoms with Gasteiger partial charge >= 0.3 is 0 Å². The van der Waals surface area contributed by atoms with Gasteiger partial charge in [-0.15, -0.1) is 11.3 Å². The number of rotatable bonds is 3. The molecule has 3 aromatic rings. The van der Waals surface area contributed by atoms with Gasteiger partial charge in [0.1, 0.15) is 16.8 Å². The van der Waals surface area contributed by atoms with Crippen LogP contribution in [0.15, 0.2) is 48.5 Å². The van der Waals surface area contributed by atoms with Crippen LogP contribution >= 0.6 is 11.3 Å². The first-order valence-electron chi connectivity index (χ1n) is 6.42. The minimum atomic E-state index is 0.671. The molecule has 0 bridgehead atoms. The zero-order valence-corrected chi connectivity index (χ0v) is 12.2. The number of nitrogens with zero attached hydrogens (tertiary/aromatic N) is 3. The lowest BCUT2D eigenvalue weighted by molar-refractivity contribution is 1.17. The molecule has 0 saturated heterocycles. The van der Waals surface area contributed by atoms with Crippen molar-refractivity contribution in [3.05, 3.63) is 53.4 Å². The number of nitrogens with one attached hydrogen (secondary N) is 1. The Balaban J connectivity index is 2.11. The lowest BCUT2D eigenvalue weighted by atomic mass is 10.2. The molecule has 0 radical (unpaired) electrons. The van der Waals surface area contributed by atoms with Crippen LogP contribution in [0.3, 0.4) is 0 Å². The van der Waals surface area contributed by atoms with Crippen LogP contribution in [-0.4, -0.2) is 17.0 Å². The van der Waals surface area contributed by atoms with E-state index in [-0.39, 0.29) is 0 Å². The van der Waals surface area contributed by atoms with Gasteiger partial charge in [-0.05, 0) is 12.1 Å². The van der Waals surface area contributed by atoms with Crippen molar-refractivity contribution in [1.29, 1.82) is 5.26 Å². The van der Waals surface area contributed by atoms with E-state index in [1.54, 1.807) is 0 Å². The van der Waals surface area contributed by atoms with Crippen LogP contribution in [0.5, 0.6) is 0 Å². The fourth-order valence-corrected chi connectivity index (χ4v) is 2.72. The number of nitriles is 1. The summed E-state index contributed by atoms with van der Waals surface area (Å²) in [7, 11) is 1.83. The fourth-order valence-electron chi connectivity index (χ4n) is 1.95. The Morgan fingerprint density at radius 2 is 1.90 bits per heavy atom. The van der Waals surface area contributed by atoms with E-state index < -0.39 is 0 Å². The highest BCUT2D eigenvalue weighted by Gasteiger charge is 2.10. The molecule has 4 nitrogen and oxygen atoms in total. The first-order chi connectivity index (χ1) is 10.3. The molecule has 2 aromatic heterocycles. The fraction of sp³-hybridized carbons (Fsp3) is 0.0625. The van der Waals surface area contributed by atoms with Gasteiger partial charge in [0.15, 0.2) is 5.82 Å². The maximum absolute atomic E-state index is 8.95. The normalized spacial score (nSPS) is 10.1. The molecule has 0 saturated carbocycles. The van der Waals surface area contributed by atoms with Crippen molar-refractivity contribution in [2.75, 3.05) is 12.4 Å². The number of hydrogen-bond acceptors (Lipinski definition) is 5. The predicted octanol–water partition coefficient (Wildman–Crippen LogP) is 3.79. The Morgan fingerprint density at radius 1 is 1.10 bits per heavy atom. The summed E-state index contributed by atoms with van der Waals surface area (Å²) in [6.45, 7) is 0. The van der Waals surface area contributed by atoms with Gasteiger partial charge < -0.3 is 5.32 Å². The van der Waals surface area contributed by atoms with E-state index in [0.717, 1.165) is 22.0 Å². The van der Waals surface area contributed by atoms with Gasteiger partial charge in [-0.3, -0.25) is 0 Å². The van der Waals surface area contributed by atoms with Crippen molar-refractivity contribution >= 4 is 17.2 Å². The number of anilines is 1. The van der Waals surface area contributed by atoms with E-state index in [4.69, 9.17) is 5.26 Å². The molecule has 0 amide bonds. The molecule has 102 valence electrons. The minimum Gasteiger partial charge on any atom is -0.373 e. The smallest absolute Gasteiger partial charge is 0.162 e. The molecule has 0 aliphatic heterocycles. The Bertz CT molecular complexity index is 803. The van der Waals surface area contributed by atoms with Crippen LogP contribution in [0.25, 0.3) is 22.0 Å². The molecule has 1 N–H and O–H groups in total. The molecule has 0 aliphatic rings. The van der Waals surface area contributed by atoms with Crippen molar-refractivity contribution in [3.63, 3.8) is 0 Å². The molecule has 1 aromatic carbocycles. The summed E-state index contributed by atoms with van der Waals surface area (Å²) < 4.78 is 0. The summed E-state index contributed by atoms with van der Waals surface area (Å²) in [6, 6.07) is 17.6. The van der Waals surface area contributed by atoms with Gasteiger partial charge in [0, 0.05) is 18.7 Å². The predicted molar refractivity (Wildman–Crippen MR) is 85.0 cm³/mol. The summed E-state index contributed by atoms with van der Waals surface area (Å²) in [6.07, 6.45) is 0. The van der Waals surface area contributed by atoms with E-state index in [1.807, 2.05) is 55.6 Å². The lowest BCUT2D eigenvalue weighted by Crippen LogP contribution is -1.98. The standard InChI is InChI=1S/C16H12N4S/c1-18-15-9-13(14-8-7-12(10-17)21-14)19-16(20-15)11-5-3-2-4-6-11/h2-9H,1H3,(H,18,19,20). The quantitative estimate of drug-likeness (QED) is 0.798. The zero-order chi connectivity index (χ0) is 14.7. The molecule has 0 unspecified atom stereocenters. The van der Waals surface area contributed by atoms with Crippen LogP contribution in [0.4, 0.5) is 5.82 Å². The molecule has 2 heterocycles. The Morgan fingerprint density at radius 3 is 2.57 bits per heavy atom. The Labute approximate surface area is 126 Å². The van der Waals surface area contributed by atoms with Crippen molar-refractivity contribution in [2.45, 2.75) is 0 Å². The second kappa shape index (κ2) is 5.73. The zero-order valence-electron chi connectivity index (χ0n) is 11.4. The third-order valence-electron chi connectivity index (χ3n) is 2.98. The van der Waals surface area contributed by atoms with Gasteiger partial charge in [-0.25, -0.2) is 9.97 Å². The van der Waals surface area contributed by atoms with Gasteiger partial charge in [-0.2, -0.15) is 5.26 Å². The highest BCUT2D eigenvalue weighted by Crippen LogP contribution is 2.29. The third kappa shape index (κ3) is 2.76. The molecule has 0 atom stereocenters. The molecule has 21 heavy (non-hydrogen) atoms. The second-order valence-electron chi connectivity index (χ2n) is 4.35. The summed E-state index contributed by atoms with van der Waals surface area (Å²) in [4.78, 5) is 10.7. The molecule has 0 aliphatic carbocycles. The van der Waals surface area contributed by atoms with Crippen LogP contribution in [-0.2, 0) is 0 Å². The van der Waals surface area contributed by atoms with Gasteiger partial charge in [0.2, 0.25) is 0 Å². The van der Waals surface area contributed by atoms with Crippen LogP contribution in [0.2, 0.25) is 0 Å². The van der Waals surface area contributed by atoms with Crippen LogP contribution in [0, 0.1) is 11.3 Å². The molecule has 3 rings (SSSR count). The van der Waals surface area contributed by atoms with Gasteiger partial charge in [-0.1, -0.05) is 30.3 Å². The largest absolute Gasteiger partial charge is 0.373 e. The molecular formula is C16H12N4S. The monoisotopic (exact) mass is 292 g/mol. The average molecular weight is 292 g/mol. The van der Waals surface area contributed by atoms with E-state index in [2.05, 4.69) is 21.4 Å². The first-order valence-corrected chi connectivity index (χ1v) is 7.24. The topological polar surface area (TPSA) is 61.6 Å². The van der Waals surface area contributed by atoms with E-state index >= 15 is 0 Å². The lowest BCUT2D eigenvalue weighted by Gasteiger charge is -2.06. The van der Waals surface area contributed by atoms with Gasteiger partial charge in [0.25, 0.3) is 0 Å². The van der Waals surface area contributed by atoms with E-state index in [1.165, 1.54) is 11.3 Å². The van der Waals surface area contributed by atoms with Crippen molar-refractivity contribution in [2.24, 2.45) is 0 Å². The second-order valence-corrected chi connectivity index (χ2v) is 5.44. The summed E-state index contributed by atoms with van der Waals surface area (Å²) >= 11 is 1.43. The van der Waals surface area contributed by atoms with Crippen molar-refractivity contribution in [1.82, 2.24) is 9.97 Å². The summed E-state index contributed by atoms with van der Waals surface area (Å²) in [5.41, 5.74) is 1.78. The SMILES string of the molecule is CNc1cc(-c2ccc(C#N)s2)nc(-c2ccccc2)n1. The van der Waals surface area contributed by atoms with Crippen LogP contribution in [0.1, 0.15) is 4.88 Å². The molecular weight excluding hydrogens is 280 g/mol. The van der Waals surface area contributed by atoms with E-state index in [0.29, 0.717) is 10.7 Å². The third-order valence-corrected chi connectivity index (χ3v) is 4.00. The number of aromatic nitrogens is 2. The summed E-state index contributed by atoms with van der Waals surface area (Å²) in [5.74, 6) is 1.43.